The number of carbonyl (C=O) groups is 2. The Morgan fingerprint density at radius 3 is 2.44 bits per heavy atom. The molecule has 5 atom stereocenters. The Labute approximate surface area is 190 Å². The molecule has 7 nitrogen and oxygen atoms in total. The molecule has 7 heteroatoms. The van der Waals surface area contributed by atoms with Crippen molar-refractivity contribution in [1.82, 2.24) is 15.1 Å². The maximum absolute atomic E-state index is 13.3. The summed E-state index contributed by atoms with van der Waals surface area (Å²) in [5.41, 5.74) is 0. The molecular weight excluding hydrogens is 406 g/mol. The average molecular weight is 444 g/mol. The van der Waals surface area contributed by atoms with Crippen LogP contribution in [0.5, 0.6) is 0 Å². The first kappa shape index (κ1) is 22.0. The van der Waals surface area contributed by atoms with Gasteiger partial charge < -0.3 is 19.0 Å². The van der Waals surface area contributed by atoms with E-state index < -0.39 is 0 Å². The Morgan fingerprint density at radius 1 is 1.03 bits per heavy atom. The van der Waals surface area contributed by atoms with Crippen LogP contribution in [0.15, 0.2) is 22.8 Å². The topological polar surface area (TPSA) is 75.0 Å². The normalized spacial score (nSPS) is 37.9. The zero-order chi connectivity index (χ0) is 22.2. The van der Waals surface area contributed by atoms with Crippen LogP contribution in [0.4, 0.5) is 0 Å². The van der Waals surface area contributed by atoms with Crippen LogP contribution in [0.1, 0.15) is 69.3 Å². The fourth-order valence-electron chi connectivity index (χ4n) is 7.07. The molecule has 0 bridgehead atoms. The number of nitrogens with one attached hydrogen (secondary N) is 1. The highest BCUT2D eigenvalue weighted by Gasteiger charge is 2.48. The Bertz CT molecular complexity index is 798. The summed E-state index contributed by atoms with van der Waals surface area (Å²) in [7, 11) is 0. The van der Waals surface area contributed by atoms with Crippen molar-refractivity contribution in [2.24, 2.45) is 17.8 Å². The zero-order valence-electron chi connectivity index (χ0n) is 19.4. The molecule has 5 rings (SSSR count). The SMILES string of the molecule is CC(=O)N1C2CCC(C3CCC(C4NCCO4)CC3)CC2N(C(=O)c2ccco2)C[C@@H]1C. The number of nitrogens with zero attached hydrogens (tertiary/aromatic N) is 2. The van der Waals surface area contributed by atoms with Gasteiger partial charge in [-0.1, -0.05) is 0 Å². The number of amides is 2. The summed E-state index contributed by atoms with van der Waals surface area (Å²) in [5, 5.41) is 3.50. The van der Waals surface area contributed by atoms with Crippen molar-refractivity contribution in [3.63, 3.8) is 0 Å². The highest BCUT2D eigenvalue weighted by atomic mass is 16.5. The lowest BCUT2D eigenvalue weighted by Gasteiger charge is -2.54. The van der Waals surface area contributed by atoms with Crippen molar-refractivity contribution >= 4 is 11.8 Å². The average Bonchev–Trinajstić information content (AvgIpc) is 3.52. The minimum Gasteiger partial charge on any atom is -0.459 e. The summed E-state index contributed by atoms with van der Waals surface area (Å²) in [5.74, 6) is 2.45. The van der Waals surface area contributed by atoms with Crippen molar-refractivity contribution in [1.29, 1.82) is 0 Å². The van der Waals surface area contributed by atoms with Crippen molar-refractivity contribution in [2.75, 3.05) is 19.7 Å². The lowest BCUT2D eigenvalue weighted by atomic mass is 9.67. The largest absolute Gasteiger partial charge is 0.459 e. The van der Waals surface area contributed by atoms with Gasteiger partial charge in [0.25, 0.3) is 5.91 Å². The molecule has 2 amide bonds. The van der Waals surface area contributed by atoms with Crippen molar-refractivity contribution in [2.45, 2.75) is 83.1 Å². The van der Waals surface area contributed by atoms with Gasteiger partial charge >= 0.3 is 0 Å². The highest BCUT2D eigenvalue weighted by Crippen LogP contribution is 2.44. The van der Waals surface area contributed by atoms with Crippen molar-refractivity contribution < 1.29 is 18.7 Å². The minimum absolute atomic E-state index is 0.0264. The smallest absolute Gasteiger partial charge is 0.289 e. The van der Waals surface area contributed by atoms with Crippen LogP contribution in [0.25, 0.3) is 0 Å². The van der Waals surface area contributed by atoms with Crippen molar-refractivity contribution in [3.05, 3.63) is 24.2 Å². The summed E-state index contributed by atoms with van der Waals surface area (Å²) in [6, 6.07) is 3.73. The number of piperazine rings is 1. The highest BCUT2D eigenvalue weighted by molar-refractivity contribution is 5.92. The molecule has 32 heavy (non-hydrogen) atoms. The number of fused-ring (bicyclic) bond motifs is 1. The van der Waals surface area contributed by atoms with Crippen LogP contribution < -0.4 is 5.32 Å². The van der Waals surface area contributed by atoms with Crippen LogP contribution in [0.2, 0.25) is 0 Å². The number of furan rings is 1. The second kappa shape index (κ2) is 9.18. The first-order chi connectivity index (χ1) is 15.5. The Kier molecular flexibility index (Phi) is 6.30. The number of ether oxygens (including phenoxy) is 1. The number of rotatable bonds is 3. The molecule has 1 N–H and O–H groups in total. The predicted molar refractivity (Wildman–Crippen MR) is 120 cm³/mol. The monoisotopic (exact) mass is 443 g/mol. The van der Waals surface area contributed by atoms with Gasteiger partial charge in [0.1, 0.15) is 6.23 Å². The summed E-state index contributed by atoms with van der Waals surface area (Å²) in [4.78, 5) is 29.9. The third-order valence-corrected chi connectivity index (χ3v) is 8.53. The molecule has 4 fully saturated rings. The summed E-state index contributed by atoms with van der Waals surface area (Å²) >= 11 is 0. The lowest BCUT2D eigenvalue weighted by Crippen LogP contribution is -2.67. The molecule has 2 aliphatic heterocycles. The maximum Gasteiger partial charge on any atom is 0.289 e. The van der Waals surface area contributed by atoms with Crippen LogP contribution in [0, 0.1) is 17.8 Å². The number of carbonyl (C=O) groups excluding carboxylic acids is 2. The summed E-state index contributed by atoms with van der Waals surface area (Å²) in [6.45, 7) is 6.11. The Hall–Kier alpha value is -1.86. The molecule has 1 aromatic heterocycles. The van der Waals surface area contributed by atoms with Crippen LogP contribution >= 0.6 is 0 Å². The van der Waals surface area contributed by atoms with Gasteiger partial charge in [-0.2, -0.15) is 0 Å². The first-order valence-corrected chi connectivity index (χ1v) is 12.5. The maximum atomic E-state index is 13.3. The van der Waals surface area contributed by atoms with Crippen LogP contribution in [-0.2, 0) is 9.53 Å². The molecule has 1 aromatic rings. The molecule has 4 aliphatic rings. The van der Waals surface area contributed by atoms with E-state index in [1.807, 2.05) is 9.80 Å². The van der Waals surface area contributed by atoms with Gasteiger partial charge in [-0.3, -0.25) is 14.9 Å². The number of hydrogen-bond donors (Lipinski definition) is 1. The van der Waals surface area contributed by atoms with Crippen molar-refractivity contribution in [3.8, 4) is 0 Å². The zero-order valence-corrected chi connectivity index (χ0v) is 19.4. The first-order valence-electron chi connectivity index (χ1n) is 12.5. The van der Waals surface area contributed by atoms with Crippen LogP contribution in [-0.4, -0.2) is 65.7 Å². The molecule has 0 spiro atoms. The van der Waals surface area contributed by atoms with E-state index in [1.165, 1.54) is 25.7 Å². The number of hydrogen-bond acceptors (Lipinski definition) is 5. The summed E-state index contributed by atoms with van der Waals surface area (Å²) < 4.78 is 11.3. The second-order valence-electron chi connectivity index (χ2n) is 10.3. The third-order valence-electron chi connectivity index (χ3n) is 8.53. The summed E-state index contributed by atoms with van der Waals surface area (Å²) in [6.07, 6.45) is 9.85. The molecule has 4 unspecified atom stereocenters. The second-order valence-corrected chi connectivity index (χ2v) is 10.3. The van der Waals surface area contributed by atoms with Gasteiger partial charge in [-0.15, -0.1) is 0 Å². The van der Waals surface area contributed by atoms with E-state index in [9.17, 15) is 9.59 Å². The van der Waals surface area contributed by atoms with E-state index in [4.69, 9.17) is 9.15 Å². The molecular formula is C25H37N3O4. The Balaban J connectivity index is 1.30. The van der Waals surface area contributed by atoms with E-state index in [-0.39, 0.29) is 36.2 Å². The standard InChI is InChI=1S/C25H37N3O4/c1-16-15-27(25(30)23-4-3-12-31-23)22-14-20(9-10-21(22)28(16)17(2)29)18-5-7-19(8-6-18)24-26-11-13-32-24/h3-4,12,16,18-22,24,26H,5-11,13-15H2,1-2H3/t16-,18?,19?,20?,21?,22?,24?/m0/s1. The Morgan fingerprint density at radius 2 is 1.78 bits per heavy atom. The van der Waals surface area contributed by atoms with Gasteiger partial charge in [-0.25, -0.2) is 0 Å². The van der Waals surface area contributed by atoms with E-state index in [2.05, 4.69) is 12.2 Å². The van der Waals surface area contributed by atoms with E-state index in [0.717, 1.165) is 32.4 Å². The van der Waals surface area contributed by atoms with Crippen LogP contribution in [0.3, 0.4) is 0 Å². The quantitative estimate of drug-likeness (QED) is 0.776. The van der Waals surface area contributed by atoms with Gasteiger partial charge in [0, 0.05) is 26.1 Å². The van der Waals surface area contributed by atoms with Gasteiger partial charge in [-0.05, 0) is 81.8 Å². The fraction of sp³-hybridized carbons (Fsp3) is 0.760. The van der Waals surface area contributed by atoms with E-state index in [0.29, 0.717) is 30.1 Å². The molecule has 3 heterocycles. The lowest BCUT2D eigenvalue weighted by molar-refractivity contribution is -0.142. The molecule has 176 valence electrons. The molecule has 0 aromatic carbocycles. The van der Waals surface area contributed by atoms with Gasteiger partial charge in [0.15, 0.2) is 5.76 Å². The van der Waals surface area contributed by atoms with Gasteiger partial charge in [0.2, 0.25) is 5.91 Å². The third kappa shape index (κ3) is 4.10. The minimum atomic E-state index is -0.0335. The van der Waals surface area contributed by atoms with Gasteiger partial charge in [0.05, 0.1) is 25.0 Å². The fourth-order valence-corrected chi connectivity index (χ4v) is 7.07. The molecule has 0 radical (unpaired) electrons. The van der Waals surface area contributed by atoms with E-state index in [1.54, 1.807) is 25.3 Å². The predicted octanol–water partition coefficient (Wildman–Crippen LogP) is 3.26. The molecule has 2 aliphatic carbocycles. The molecule has 2 saturated carbocycles. The van der Waals surface area contributed by atoms with E-state index >= 15 is 0 Å². The molecule has 2 saturated heterocycles.